The minimum Gasteiger partial charge on any atom is -0.368 e. The zero-order chi connectivity index (χ0) is 22.2. The van der Waals surface area contributed by atoms with E-state index in [9.17, 15) is 14.4 Å². The highest BCUT2D eigenvalue weighted by molar-refractivity contribution is 5.95. The smallest absolute Gasteiger partial charge is 0.256 e. The van der Waals surface area contributed by atoms with Gasteiger partial charge in [0, 0.05) is 44.1 Å². The maximum atomic E-state index is 13.0. The number of ether oxygens (including phenoxy) is 1. The van der Waals surface area contributed by atoms with Crippen LogP contribution in [0.25, 0.3) is 0 Å². The number of rotatable bonds is 3. The van der Waals surface area contributed by atoms with Gasteiger partial charge in [-0.3, -0.25) is 19.4 Å². The molecular weight excluding hydrogens is 410 g/mol. The van der Waals surface area contributed by atoms with Crippen LogP contribution in [-0.2, 0) is 22.5 Å². The SMILES string of the molecule is Cc1cnccc1C(=O)N1CCc2nc([C@@H]3CCCN3C(=O)[C@H]3CCCO3)[nH]c(=O)c2C1. The second kappa shape index (κ2) is 8.46. The fourth-order valence-electron chi connectivity index (χ4n) is 4.93. The van der Waals surface area contributed by atoms with E-state index in [1.165, 1.54) is 0 Å². The van der Waals surface area contributed by atoms with Crippen molar-refractivity contribution in [2.24, 2.45) is 0 Å². The van der Waals surface area contributed by atoms with Crippen molar-refractivity contribution in [2.45, 2.75) is 57.7 Å². The van der Waals surface area contributed by atoms with E-state index in [1.807, 2.05) is 11.8 Å². The van der Waals surface area contributed by atoms with E-state index in [1.54, 1.807) is 23.4 Å². The lowest BCUT2D eigenvalue weighted by molar-refractivity contribution is -0.142. The molecule has 2 fully saturated rings. The summed E-state index contributed by atoms with van der Waals surface area (Å²) in [4.78, 5) is 54.1. The number of amides is 2. The number of nitrogens with zero attached hydrogens (tertiary/aromatic N) is 4. The molecule has 0 aromatic carbocycles. The van der Waals surface area contributed by atoms with Gasteiger partial charge in [0.1, 0.15) is 11.9 Å². The van der Waals surface area contributed by atoms with Crippen LogP contribution in [0.15, 0.2) is 23.3 Å². The molecule has 1 N–H and O–H groups in total. The van der Waals surface area contributed by atoms with E-state index in [0.717, 1.165) is 36.9 Å². The van der Waals surface area contributed by atoms with Gasteiger partial charge in [-0.15, -0.1) is 0 Å². The monoisotopic (exact) mass is 437 g/mol. The number of aryl methyl sites for hydroxylation is 1. The highest BCUT2D eigenvalue weighted by atomic mass is 16.5. The van der Waals surface area contributed by atoms with Crippen LogP contribution in [0.5, 0.6) is 0 Å². The second-order valence-corrected chi connectivity index (χ2v) is 8.74. The standard InChI is InChI=1S/C23H27N5O4/c1-14-12-24-8-6-15(14)22(30)27-10-7-17-16(13-27)21(29)26-20(25-17)18-4-2-9-28(18)23(31)19-5-3-11-32-19/h6,8,12,18-19H,2-5,7,9-11,13H2,1H3,(H,25,26,29)/t18-,19+/m0/s1. The van der Waals surface area contributed by atoms with E-state index >= 15 is 0 Å². The first-order chi connectivity index (χ1) is 15.5. The molecule has 2 aromatic heterocycles. The number of hydrogen-bond donors (Lipinski definition) is 1. The fourth-order valence-corrected chi connectivity index (χ4v) is 4.93. The molecule has 168 valence electrons. The molecule has 9 nitrogen and oxygen atoms in total. The number of aromatic amines is 1. The molecule has 2 amide bonds. The number of pyridine rings is 1. The number of aromatic nitrogens is 3. The third-order valence-corrected chi connectivity index (χ3v) is 6.68. The number of likely N-dealkylation sites (tertiary alicyclic amines) is 1. The molecule has 32 heavy (non-hydrogen) atoms. The lowest BCUT2D eigenvalue weighted by atomic mass is 10.0. The van der Waals surface area contributed by atoms with Crippen LogP contribution in [0.1, 0.15) is 64.7 Å². The van der Waals surface area contributed by atoms with Crippen molar-refractivity contribution in [2.75, 3.05) is 19.7 Å². The molecular formula is C23H27N5O4. The highest BCUT2D eigenvalue weighted by Gasteiger charge is 2.37. The van der Waals surface area contributed by atoms with Crippen molar-refractivity contribution in [1.29, 1.82) is 0 Å². The Morgan fingerprint density at radius 2 is 2.09 bits per heavy atom. The zero-order valence-electron chi connectivity index (χ0n) is 18.2. The first-order valence-corrected chi connectivity index (χ1v) is 11.3. The Labute approximate surface area is 185 Å². The van der Waals surface area contributed by atoms with Gasteiger partial charge in [0.2, 0.25) is 0 Å². The maximum absolute atomic E-state index is 13.0. The molecule has 9 heteroatoms. The summed E-state index contributed by atoms with van der Waals surface area (Å²) in [5, 5.41) is 0. The van der Waals surface area contributed by atoms with Gasteiger partial charge < -0.3 is 19.5 Å². The van der Waals surface area contributed by atoms with Gasteiger partial charge in [0.05, 0.1) is 23.8 Å². The van der Waals surface area contributed by atoms with E-state index in [4.69, 9.17) is 9.72 Å². The minimum absolute atomic E-state index is 0.00476. The largest absolute Gasteiger partial charge is 0.368 e. The van der Waals surface area contributed by atoms with Crippen molar-refractivity contribution in [3.63, 3.8) is 0 Å². The molecule has 0 aliphatic carbocycles. The lowest BCUT2D eigenvalue weighted by Gasteiger charge is -2.30. The zero-order valence-corrected chi connectivity index (χ0v) is 18.2. The predicted octanol–water partition coefficient (Wildman–Crippen LogP) is 1.51. The second-order valence-electron chi connectivity index (χ2n) is 8.74. The third kappa shape index (κ3) is 3.70. The molecule has 3 aliphatic heterocycles. The van der Waals surface area contributed by atoms with Crippen molar-refractivity contribution in [3.05, 3.63) is 57.0 Å². The van der Waals surface area contributed by atoms with Crippen LogP contribution in [0.4, 0.5) is 0 Å². The molecule has 5 heterocycles. The Bertz CT molecular complexity index is 1110. The number of nitrogens with one attached hydrogen (secondary N) is 1. The third-order valence-electron chi connectivity index (χ3n) is 6.68. The normalized spacial score (nSPS) is 22.8. The number of carbonyl (C=O) groups is 2. The van der Waals surface area contributed by atoms with Crippen molar-refractivity contribution in [1.82, 2.24) is 24.8 Å². The van der Waals surface area contributed by atoms with Gasteiger partial charge in [0.15, 0.2) is 0 Å². The van der Waals surface area contributed by atoms with Gasteiger partial charge >= 0.3 is 0 Å². The Hall–Kier alpha value is -3.07. The Morgan fingerprint density at radius 1 is 1.22 bits per heavy atom. The van der Waals surface area contributed by atoms with E-state index in [0.29, 0.717) is 43.1 Å². The van der Waals surface area contributed by atoms with Gasteiger partial charge in [-0.25, -0.2) is 4.98 Å². The number of H-pyrrole nitrogens is 1. The van der Waals surface area contributed by atoms with E-state index < -0.39 is 0 Å². The minimum atomic E-state index is -0.379. The summed E-state index contributed by atoms with van der Waals surface area (Å²) in [6, 6.07) is 1.47. The maximum Gasteiger partial charge on any atom is 0.256 e. The van der Waals surface area contributed by atoms with Crippen LogP contribution in [0.3, 0.4) is 0 Å². The molecule has 2 aromatic rings. The first-order valence-electron chi connectivity index (χ1n) is 11.3. The highest BCUT2D eigenvalue weighted by Crippen LogP contribution is 2.32. The van der Waals surface area contributed by atoms with Crippen molar-refractivity contribution < 1.29 is 14.3 Å². The number of hydrogen-bond acceptors (Lipinski definition) is 6. The summed E-state index contributed by atoms with van der Waals surface area (Å²) in [5.41, 5.74) is 2.41. The quantitative estimate of drug-likeness (QED) is 0.780. The fraction of sp³-hybridized carbons (Fsp3) is 0.522. The summed E-state index contributed by atoms with van der Waals surface area (Å²) in [6.45, 7) is 3.84. The molecule has 5 rings (SSSR count). The summed E-state index contributed by atoms with van der Waals surface area (Å²) >= 11 is 0. The van der Waals surface area contributed by atoms with Gasteiger partial charge in [-0.1, -0.05) is 0 Å². The average molecular weight is 438 g/mol. The molecule has 3 aliphatic rings. The molecule has 2 atom stereocenters. The summed E-state index contributed by atoms with van der Waals surface area (Å²) < 4.78 is 5.58. The molecule has 0 spiro atoms. The van der Waals surface area contributed by atoms with Crippen molar-refractivity contribution in [3.8, 4) is 0 Å². The molecule has 0 saturated carbocycles. The number of fused-ring (bicyclic) bond motifs is 1. The van der Waals surface area contributed by atoms with Gasteiger partial charge in [-0.2, -0.15) is 0 Å². The summed E-state index contributed by atoms with van der Waals surface area (Å²) in [7, 11) is 0. The summed E-state index contributed by atoms with van der Waals surface area (Å²) in [6.07, 6.45) is 6.68. The molecule has 2 saturated heterocycles. The van der Waals surface area contributed by atoms with Gasteiger partial charge in [-0.05, 0) is 44.2 Å². The number of carbonyl (C=O) groups excluding carboxylic acids is 2. The van der Waals surface area contributed by atoms with Crippen LogP contribution < -0.4 is 5.56 Å². The predicted molar refractivity (Wildman–Crippen MR) is 115 cm³/mol. The van der Waals surface area contributed by atoms with Crippen LogP contribution in [-0.4, -0.2) is 62.4 Å². The molecule has 0 radical (unpaired) electrons. The molecule has 0 bridgehead atoms. The Balaban J connectivity index is 1.37. The Morgan fingerprint density at radius 3 is 2.88 bits per heavy atom. The average Bonchev–Trinajstić information content (AvgIpc) is 3.51. The summed E-state index contributed by atoms with van der Waals surface area (Å²) in [5.74, 6) is 0.431. The van der Waals surface area contributed by atoms with Crippen molar-refractivity contribution >= 4 is 11.8 Å². The topological polar surface area (TPSA) is 108 Å². The van der Waals surface area contributed by atoms with E-state index in [2.05, 4.69) is 9.97 Å². The molecule has 0 unspecified atom stereocenters. The van der Waals surface area contributed by atoms with E-state index in [-0.39, 0.29) is 36.1 Å². The van der Waals surface area contributed by atoms with Gasteiger partial charge in [0.25, 0.3) is 17.4 Å². The van der Waals surface area contributed by atoms with Crippen LogP contribution in [0, 0.1) is 6.92 Å². The Kier molecular flexibility index (Phi) is 5.50. The first kappa shape index (κ1) is 20.8. The van der Waals surface area contributed by atoms with Crippen LogP contribution in [0.2, 0.25) is 0 Å². The lowest BCUT2D eigenvalue weighted by Crippen LogP contribution is -2.42. The van der Waals surface area contributed by atoms with Crippen LogP contribution >= 0.6 is 0 Å².